The first-order valence-corrected chi connectivity index (χ1v) is 5.31. The molecule has 0 bridgehead atoms. The van der Waals surface area contributed by atoms with Gasteiger partial charge in [-0.15, -0.1) is 0 Å². The van der Waals surface area contributed by atoms with Crippen molar-refractivity contribution in [2.24, 2.45) is 5.73 Å². The Morgan fingerprint density at radius 2 is 2.07 bits per heavy atom. The van der Waals surface area contributed by atoms with Gasteiger partial charge in [0, 0.05) is 16.9 Å². The highest BCUT2D eigenvalue weighted by atomic mass is 14.8. The van der Waals surface area contributed by atoms with Crippen LogP contribution >= 0.6 is 0 Å². The first-order valence-electron chi connectivity index (χ1n) is 5.31. The summed E-state index contributed by atoms with van der Waals surface area (Å²) in [6.45, 7) is 4.16. The Bertz CT molecular complexity index is 340. The number of pyridine rings is 1. The van der Waals surface area contributed by atoms with E-state index in [0.717, 1.165) is 18.5 Å². The molecule has 1 heterocycles. The van der Waals surface area contributed by atoms with Crippen molar-refractivity contribution < 1.29 is 0 Å². The van der Waals surface area contributed by atoms with Crippen molar-refractivity contribution in [1.82, 2.24) is 4.98 Å². The molecule has 0 aliphatic heterocycles. The SMILES string of the molecule is Cc1ccc(CCC2(N)CC2)nc1C. The zero-order valence-electron chi connectivity index (χ0n) is 9.01. The standard InChI is InChI=1S/C12H18N2/c1-9-3-4-11(14-10(9)2)5-6-12(13)7-8-12/h3-4H,5-8,13H2,1-2H3. The van der Waals surface area contributed by atoms with Crippen LogP contribution in [0.15, 0.2) is 12.1 Å². The average Bonchev–Trinajstić information content (AvgIpc) is 2.87. The molecule has 1 saturated carbocycles. The lowest BCUT2D eigenvalue weighted by Gasteiger charge is -2.08. The third-order valence-electron chi connectivity index (χ3n) is 3.18. The molecule has 1 aromatic heterocycles. The molecule has 0 radical (unpaired) electrons. The van der Waals surface area contributed by atoms with Gasteiger partial charge in [-0.2, -0.15) is 0 Å². The maximum Gasteiger partial charge on any atom is 0.0407 e. The van der Waals surface area contributed by atoms with E-state index in [1.807, 2.05) is 0 Å². The lowest BCUT2D eigenvalue weighted by Crippen LogP contribution is -2.22. The number of aryl methyl sites for hydroxylation is 3. The molecule has 1 aliphatic carbocycles. The average molecular weight is 190 g/mol. The number of aromatic nitrogens is 1. The van der Waals surface area contributed by atoms with Crippen LogP contribution in [0.4, 0.5) is 0 Å². The zero-order chi connectivity index (χ0) is 10.2. The van der Waals surface area contributed by atoms with Crippen molar-refractivity contribution in [3.63, 3.8) is 0 Å². The highest BCUT2D eigenvalue weighted by Gasteiger charge is 2.37. The summed E-state index contributed by atoms with van der Waals surface area (Å²) >= 11 is 0. The number of rotatable bonds is 3. The van der Waals surface area contributed by atoms with Crippen LogP contribution in [0.3, 0.4) is 0 Å². The van der Waals surface area contributed by atoms with Crippen molar-refractivity contribution in [3.05, 3.63) is 29.1 Å². The van der Waals surface area contributed by atoms with E-state index < -0.39 is 0 Å². The molecule has 0 atom stereocenters. The third-order valence-corrected chi connectivity index (χ3v) is 3.18. The lowest BCUT2D eigenvalue weighted by atomic mass is 10.1. The van der Waals surface area contributed by atoms with Crippen LogP contribution in [-0.2, 0) is 6.42 Å². The monoisotopic (exact) mass is 190 g/mol. The third kappa shape index (κ3) is 2.13. The molecule has 1 fully saturated rings. The molecule has 1 aliphatic rings. The van der Waals surface area contributed by atoms with Gasteiger partial charge in [0.25, 0.3) is 0 Å². The summed E-state index contributed by atoms with van der Waals surface area (Å²) in [5.41, 5.74) is 9.78. The molecule has 1 aromatic rings. The summed E-state index contributed by atoms with van der Waals surface area (Å²) in [6, 6.07) is 4.27. The quantitative estimate of drug-likeness (QED) is 0.793. The largest absolute Gasteiger partial charge is 0.325 e. The molecule has 76 valence electrons. The molecule has 14 heavy (non-hydrogen) atoms. The van der Waals surface area contributed by atoms with Gasteiger partial charge < -0.3 is 5.73 Å². The number of nitrogens with zero attached hydrogens (tertiary/aromatic N) is 1. The number of nitrogens with two attached hydrogens (primary N) is 1. The van der Waals surface area contributed by atoms with E-state index in [1.165, 1.54) is 24.1 Å². The minimum atomic E-state index is 0.153. The van der Waals surface area contributed by atoms with E-state index in [-0.39, 0.29) is 5.54 Å². The van der Waals surface area contributed by atoms with E-state index in [2.05, 4.69) is 31.0 Å². The summed E-state index contributed by atoms with van der Waals surface area (Å²) in [7, 11) is 0. The predicted molar refractivity (Wildman–Crippen MR) is 58.2 cm³/mol. The molecular weight excluding hydrogens is 172 g/mol. The first-order chi connectivity index (χ1) is 6.59. The van der Waals surface area contributed by atoms with Gasteiger partial charge >= 0.3 is 0 Å². The fraction of sp³-hybridized carbons (Fsp3) is 0.583. The fourth-order valence-corrected chi connectivity index (χ4v) is 1.61. The highest BCUT2D eigenvalue weighted by molar-refractivity contribution is 5.20. The first kappa shape index (κ1) is 9.66. The van der Waals surface area contributed by atoms with Crippen LogP contribution in [-0.4, -0.2) is 10.5 Å². The Morgan fingerprint density at radius 3 is 2.64 bits per heavy atom. The predicted octanol–water partition coefficient (Wildman–Crippen LogP) is 2.12. The normalized spacial score (nSPS) is 18.2. The van der Waals surface area contributed by atoms with Gasteiger partial charge in [0.05, 0.1) is 0 Å². The van der Waals surface area contributed by atoms with Crippen molar-refractivity contribution in [1.29, 1.82) is 0 Å². The Hall–Kier alpha value is -0.890. The maximum absolute atomic E-state index is 6.03. The lowest BCUT2D eigenvalue weighted by molar-refractivity contribution is 0.602. The summed E-state index contributed by atoms with van der Waals surface area (Å²) < 4.78 is 0. The highest BCUT2D eigenvalue weighted by Crippen LogP contribution is 2.36. The minimum absolute atomic E-state index is 0.153. The molecule has 0 aromatic carbocycles. The minimum Gasteiger partial charge on any atom is -0.325 e. The molecule has 2 nitrogen and oxygen atoms in total. The summed E-state index contributed by atoms with van der Waals surface area (Å²) in [6.07, 6.45) is 4.50. The molecule has 0 unspecified atom stereocenters. The van der Waals surface area contributed by atoms with Crippen LogP contribution in [0, 0.1) is 13.8 Å². The maximum atomic E-state index is 6.03. The van der Waals surface area contributed by atoms with Crippen LogP contribution in [0.5, 0.6) is 0 Å². The summed E-state index contributed by atoms with van der Waals surface area (Å²) in [4.78, 5) is 4.55. The molecule has 2 heteroatoms. The van der Waals surface area contributed by atoms with E-state index in [9.17, 15) is 0 Å². The van der Waals surface area contributed by atoms with E-state index in [4.69, 9.17) is 5.73 Å². The molecule has 0 saturated heterocycles. The van der Waals surface area contributed by atoms with Crippen LogP contribution in [0.25, 0.3) is 0 Å². The van der Waals surface area contributed by atoms with Crippen molar-refractivity contribution in [2.75, 3.05) is 0 Å². The van der Waals surface area contributed by atoms with Gasteiger partial charge in [-0.1, -0.05) is 6.07 Å². The number of hydrogen-bond acceptors (Lipinski definition) is 2. The Balaban J connectivity index is 1.99. The van der Waals surface area contributed by atoms with Crippen molar-refractivity contribution in [3.8, 4) is 0 Å². The summed E-state index contributed by atoms with van der Waals surface area (Å²) in [5, 5.41) is 0. The van der Waals surface area contributed by atoms with Gasteiger partial charge in [0.2, 0.25) is 0 Å². The van der Waals surface area contributed by atoms with Crippen LogP contribution in [0.1, 0.15) is 36.2 Å². The van der Waals surface area contributed by atoms with Gasteiger partial charge in [-0.3, -0.25) is 4.98 Å². The van der Waals surface area contributed by atoms with Crippen LogP contribution < -0.4 is 5.73 Å². The number of hydrogen-bond donors (Lipinski definition) is 1. The van der Waals surface area contributed by atoms with E-state index in [0.29, 0.717) is 0 Å². The smallest absolute Gasteiger partial charge is 0.0407 e. The van der Waals surface area contributed by atoms with Gasteiger partial charge in [0.1, 0.15) is 0 Å². The fourth-order valence-electron chi connectivity index (χ4n) is 1.61. The van der Waals surface area contributed by atoms with E-state index >= 15 is 0 Å². The van der Waals surface area contributed by atoms with Gasteiger partial charge in [-0.05, 0) is 51.2 Å². The zero-order valence-corrected chi connectivity index (χ0v) is 9.01. The molecule has 0 spiro atoms. The summed E-state index contributed by atoms with van der Waals surface area (Å²) in [5.74, 6) is 0. The molecule has 2 N–H and O–H groups in total. The van der Waals surface area contributed by atoms with Crippen LogP contribution in [0.2, 0.25) is 0 Å². The second kappa shape index (κ2) is 3.35. The van der Waals surface area contributed by atoms with Crippen molar-refractivity contribution >= 4 is 0 Å². The Labute approximate surface area is 85.5 Å². The molecular formula is C12H18N2. The second-order valence-corrected chi connectivity index (χ2v) is 4.57. The Morgan fingerprint density at radius 1 is 1.36 bits per heavy atom. The molecule has 0 amide bonds. The van der Waals surface area contributed by atoms with Gasteiger partial charge in [0.15, 0.2) is 0 Å². The Kier molecular flexibility index (Phi) is 2.31. The molecule has 2 rings (SSSR count). The van der Waals surface area contributed by atoms with Gasteiger partial charge in [-0.25, -0.2) is 0 Å². The van der Waals surface area contributed by atoms with E-state index in [1.54, 1.807) is 0 Å². The van der Waals surface area contributed by atoms with Crippen molar-refractivity contribution in [2.45, 2.75) is 45.1 Å². The second-order valence-electron chi connectivity index (χ2n) is 4.57. The topological polar surface area (TPSA) is 38.9 Å².